The standard InChI is InChI=1S/C18H29NO2/c1-7-19(8-2)11-13-9-15-14(10-16(13)20)17(3,4)12-21-18(15,5)6/h9-10,20H,7-8,11-12H2,1-6H3. The van der Waals surface area contributed by atoms with Gasteiger partial charge in [-0.3, -0.25) is 4.90 Å². The number of fused-ring (bicyclic) bond motifs is 1. The topological polar surface area (TPSA) is 32.7 Å². The maximum absolute atomic E-state index is 10.4. The van der Waals surface area contributed by atoms with Gasteiger partial charge in [0, 0.05) is 17.5 Å². The van der Waals surface area contributed by atoms with E-state index >= 15 is 0 Å². The molecule has 0 fully saturated rings. The van der Waals surface area contributed by atoms with Gasteiger partial charge in [-0.25, -0.2) is 0 Å². The molecule has 21 heavy (non-hydrogen) atoms. The van der Waals surface area contributed by atoms with Crippen LogP contribution in [0.4, 0.5) is 0 Å². The summed E-state index contributed by atoms with van der Waals surface area (Å²) in [5.41, 5.74) is 3.05. The Labute approximate surface area is 128 Å². The number of hydrogen-bond donors (Lipinski definition) is 1. The number of phenolic OH excluding ortho intramolecular Hbond substituents is 1. The second-order valence-corrected chi connectivity index (χ2v) is 7.17. The smallest absolute Gasteiger partial charge is 0.120 e. The van der Waals surface area contributed by atoms with E-state index in [1.165, 1.54) is 11.1 Å². The zero-order valence-electron chi connectivity index (χ0n) is 14.3. The molecule has 0 aromatic heterocycles. The molecule has 0 amide bonds. The van der Waals surface area contributed by atoms with E-state index in [9.17, 15) is 5.11 Å². The minimum atomic E-state index is -0.295. The predicted octanol–water partition coefficient (Wildman–Crippen LogP) is 3.78. The van der Waals surface area contributed by atoms with Crippen molar-refractivity contribution >= 4 is 0 Å². The molecule has 0 aliphatic carbocycles. The van der Waals surface area contributed by atoms with Crippen LogP contribution in [-0.2, 0) is 22.3 Å². The molecule has 0 unspecified atom stereocenters. The molecule has 1 aliphatic heterocycles. The predicted molar refractivity (Wildman–Crippen MR) is 86.7 cm³/mol. The van der Waals surface area contributed by atoms with Crippen LogP contribution in [-0.4, -0.2) is 29.7 Å². The van der Waals surface area contributed by atoms with E-state index in [2.05, 4.69) is 52.5 Å². The molecule has 1 aliphatic rings. The van der Waals surface area contributed by atoms with Gasteiger partial charge in [0.05, 0.1) is 12.2 Å². The third kappa shape index (κ3) is 3.09. The molecule has 1 heterocycles. The maximum Gasteiger partial charge on any atom is 0.120 e. The summed E-state index contributed by atoms with van der Waals surface area (Å²) in [4.78, 5) is 2.31. The summed E-state index contributed by atoms with van der Waals surface area (Å²) < 4.78 is 6.06. The lowest BCUT2D eigenvalue weighted by atomic mass is 9.75. The van der Waals surface area contributed by atoms with Gasteiger partial charge in [0.15, 0.2) is 0 Å². The van der Waals surface area contributed by atoms with Crippen molar-refractivity contribution < 1.29 is 9.84 Å². The number of phenols is 1. The van der Waals surface area contributed by atoms with Crippen molar-refractivity contribution in [3.8, 4) is 5.75 Å². The molecule has 0 radical (unpaired) electrons. The summed E-state index contributed by atoms with van der Waals surface area (Å²) in [7, 11) is 0. The maximum atomic E-state index is 10.4. The van der Waals surface area contributed by atoms with Crippen LogP contribution in [0.25, 0.3) is 0 Å². The van der Waals surface area contributed by atoms with E-state index in [-0.39, 0.29) is 11.0 Å². The highest BCUT2D eigenvalue weighted by Gasteiger charge is 2.38. The van der Waals surface area contributed by atoms with Crippen LogP contribution < -0.4 is 0 Å². The first-order valence-electron chi connectivity index (χ1n) is 7.94. The summed E-state index contributed by atoms with van der Waals surface area (Å²) >= 11 is 0. The first-order chi connectivity index (χ1) is 9.71. The number of rotatable bonds is 4. The molecule has 0 saturated heterocycles. The lowest BCUT2D eigenvalue weighted by Gasteiger charge is -2.42. The van der Waals surface area contributed by atoms with E-state index in [1.807, 2.05) is 6.07 Å². The number of benzene rings is 1. The first kappa shape index (κ1) is 16.3. The van der Waals surface area contributed by atoms with Gasteiger partial charge in [0.1, 0.15) is 5.75 Å². The van der Waals surface area contributed by atoms with Crippen molar-refractivity contribution in [1.29, 1.82) is 0 Å². The summed E-state index contributed by atoms with van der Waals surface area (Å²) in [6.45, 7) is 16.3. The van der Waals surface area contributed by atoms with E-state index in [1.54, 1.807) is 0 Å². The Morgan fingerprint density at radius 1 is 1.10 bits per heavy atom. The Balaban J connectivity index is 2.49. The fourth-order valence-electron chi connectivity index (χ4n) is 3.02. The number of aromatic hydroxyl groups is 1. The van der Waals surface area contributed by atoms with Crippen molar-refractivity contribution in [3.63, 3.8) is 0 Å². The second kappa shape index (κ2) is 5.62. The zero-order valence-corrected chi connectivity index (χ0v) is 14.3. The van der Waals surface area contributed by atoms with Gasteiger partial charge < -0.3 is 9.84 Å². The van der Waals surface area contributed by atoms with Crippen molar-refractivity contribution in [1.82, 2.24) is 4.90 Å². The fraction of sp³-hybridized carbons (Fsp3) is 0.667. The molecule has 0 bridgehead atoms. The average molecular weight is 291 g/mol. The Morgan fingerprint density at radius 3 is 2.29 bits per heavy atom. The highest BCUT2D eigenvalue weighted by atomic mass is 16.5. The fourth-order valence-corrected chi connectivity index (χ4v) is 3.02. The van der Waals surface area contributed by atoms with Gasteiger partial charge in [-0.15, -0.1) is 0 Å². The van der Waals surface area contributed by atoms with Crippen molar-refractivity contribution in [2.24, 2.45) is 0 Å². The van der Waals surface area contributed by atoms with Crippen LogP contribution in [0.5, 0.6) is 5.75 Å². The van der Waals surface area contributed by atoms with E-state index in [0.29, 0.717) is 12.4 Å². The van der Waals surface area contributed by atoms with Crippen LogP contribution in [0.2, 0.25) is 0 Å². The van der Waals surface area contributed by atoms with Crippen LogP contribution in [0.3, 0.4) is 0 Å². The van der Waals surface area contributed by atoms with Gasteiger partial charge >= 0.3 is 0 Å². The number of ether oxygens (including phenoxy) is 1. The second-order valence-electron chi connectivity index (χ2n) is 7.17. The lowest BCUT2D eigenvalue weighted by molar-refractivity contribution is -0.0589. The Kier molecular flexibility index (Phi) is 4.36. The molecule has 118 valence electrons. The van der Waals surface area contributed by atoms with Crippen molar-refractivity contribution in [2.45, 2.75) is 59.1 Å². The third-order valence-electron chi connectivity index (χ3n) is 4.68. The highest BCUT2D eigenvalue weighted by Crippen LogP contribution is 2.43. The molecule has 3 nitrogen and oxygen atoms in total. The first-order valence-corrected chi connectivity index (χ1v) is 7.94. The summed E-state index contributed by atoms with van der Waals surface area (Å²) in [6, 6.07) is 4.10. The van der Waals surface area contributed by atoms with Gasteiger partial charge in [0.2, 0.25) is 0 Å². The molecule has 0 saturated carbocycles. The average Bonchev–Trinajstić information content (AvgIpc) is 2.42. The van der Waals surface area contributed by atoms with Crippen LogP contribution >= 0.6 is 0 Å². The van der Waals surface area contributed by atoms with Crippen LogP contribution in [0.15, 0.2) is 12.1 Å². The SMILES string of the molecule is CCN(CC)Cc1cc2c(cc1O)C(C)(C)COC2(C)C. The minimum absolute atomic E-state index is 0.0595. The molecular formula is C18H29NO2. The lowest BCUT2D eigenvalue weighted by Crippen LogP contribution is -2.40. The van der Waals surface area contributed by atoms with Gasteiger partial charge in [-0.2, -0.15) is 0 Å². The molecule has 1 aromatic carbocycles. The van der Waals surface area contributed by atoms with Crippen molar-refractivity contribution in [2.75, 3.05) is 19.7 Å². The van der Waals surface area contributed by atoms with E-state index < -0.39 is 0 Å². The van der Waals surface area contributed by atoms with Crippen LogP contribution in [0.1, 0.15) is 58.2 Å². The molecule has 0 spiro atoms. The quantitative estimate of drug-likeness (QED) is 0.916. The molecule has 3 heteroatoms. The number of nitrogens with zero attached hydrogens (tertiary/aromatic N) is 1. The largest absolute Gasteiger partial charge is 0.508 e. The third-order valence-corrected chi connectivity index (χ3v) is 4.68. The van der Waals surface area contributed by atoms with E-state index in [4.69, 9.17) is 4.74 Å². The normalized spacial score (nSPS) is 19.6. The molecule has 1 aromatic rings. The molecule has 0 atom stereocenters. The summed E-state index contributed by atoms with van der Waals surface area (Å²) in [5, 5.41) is 10.4. The Hall–Kier alpha value is -1.06. The molecule has 2 rings (SSSR count). The van der Waals surface area contributed by atoms with Gasteiger partial charge in [-0.05, 0) is 50.2 Å². The van der Waals surface area contributed by atoms with Crippen LogP contribution in [0, 0.1) is 0 Å². The Morgan fingerprint density at radius 2 is 1.71 bits per heavy atom. The van der Waals surface area contributed by atoms with Crippen molar-refractivity contribution in [3.05, 3.63) is 28.8 Å². The monoisotopic (exact) mass is 291 g/mol. The van der Waals surface area contributed by atoms with E-state index in [0.717, 1.165) is 25.2 Å². The Bertz CT molecular complexity index is 516. The zero-order chi connectivity index (χ0) is 15.8. The summed E-state index contributed by atoms with van der Waals surface area (Å²) in [5.74, 6) is 0.409. The highest BCUT2D eigenvalue weighted by molar-refractivity contribution is 5.48. The minimum Gasteiger partial charge on any atom is -0.508 e. The number of hydrogen-bond acceptors (Lipinski definition) is 3. The van der Waals surface area contributed by atoms with Gasteiger partial charge in [0.25, 0.3) is 0 Å². The summed E-state index contributed by atoms with van der Waals surface area (Å²) in [6.07, 6.45) is 0. The van der Waals surface area contributed by atoms with Gasteiger partial charge in [-0.1, -0.05) is 27.7 Å². The molecule has 1 N–H and O–H groups in total. The molecular weight excluding hydrogens is 262 g/mol.